The summed E-state index contributed by atoms with van der Waals surface area (Å²) >= 11 is 6.24. The van der Waals surface area contributed by atoms with Gasteiger partial charge in [-0.05, 0) is 49.7 Å². The van der Waals surface area contributed by atoms with Crippen molar-refractivity contribution in [3.05, 3.63) is 64.7 Å². The summed E-state index contributed by atoms with van der Waals surface area (Å²) in [4.78, 5) is 15.0. The summed E-state index contributed by atoms with van der Waals surface area (Å²) in [6, 6.07) is 15.6. The van der Waals surface area contributed by atoms with Gasteiger partial charge in [-0.3, -0.25) is 4.79 Å². The number of halogens is 1. The number of piperidine rings is 1. The molecule has 1 N–H and O–H groups in total. The van der Waals surface area contributed by atoms with Crippen LogP contribution in [-0.2, 0) is 5.41 Å². The molecule has 2 aromatic rings. The molecule has 23 heavy (non-hydrogen) atoms. The van der Waals surface area contributed by atoms with Crippen molar-refractivity contribution < 1.29 is 4.79 Å². The SMILES string of the molecule is O=C(c1ccccc1Cl)N1CC2(CCNCC2)c2ccccc21. The number of hydrogen-bond acceptors (Lipinski definition) is 2. The highest BCUT2D eigenvalue weighted by molar-refractivity contribution is 6.34. The largest absolute Gasteiger partial charge is 0.317 e. The molecule has 0 bridgehead atoms. The molecular weight excluding hydrogens is 308 g/mol. The fourth-order valence-electron chi connectivity index (χ4n) is 3.92. The first-order valence-electron chi connectivity index (χ1n) is 8.08. The van der Waals surface area contributed by atoms with Gasteiger partial charge in [0.15, 0.2) is 0 Å². The molecule has 0 unspecified atom stereocenters. The Balaban J connectivity index is 1.76. The van der Waals surface area contributed by atoms with Gasteiger partial charge in [-0.2, -0.15) is 0 Å². The minimum atomic E-state index is -0.00143. The Morgan fingerprint density at radius 3 is 2.52 bits per heavy atom. The Morgan fingerprint density at radius 1 is 1.04 bits per heavy atom. The Hall–Kier alpha value is -1.84. The Bertz CT molecular complexity index is 753. The lowest BCUT2D eigenvalue weighted by molar-refractivity contribution is 0.0983. The molecule has 1 spiro atoms. The lowest BCUT2D eigenvalue weighted by atomic mass is 9.75. The lowest BCUT2D eigenvalue weighted by Crippen LogP contribution is -2.44. The lowest BCUT2D eigenvalue weighted by Gasteiger charge is -2.34. The number of amides is 1. The highest BCUT2D eigenvalue weighted by Gasteiger charge is 2.45. The molecule has 2 aliphatic heterocycles. The van der Waals surface area contributed by atoms with Crippen molar-refractivity contribution in [2.24, 2.45) is 0 Å². The first-order chi connectivity index (χ1) is 11.2. The van der Waals surface area contributed by atoms with E-state index in [4.69, 9.17) is 11.6 Å². The molecule has 0 aliphatic carbocycles. The fourth-order valence-corrected chi connectivity index (χ4v) is 4.14. The summed E-state index contributed by atoms with van der Waals surface area (Å²) in [7, 11) is 0. The number of carbonyl (C=O) groups excluding carboxylic acids is 1. The van der Waals surface area contributed by atoms with Gasteiger partial charge in [0, 0.05) is 17.6 Å². The van der Waals surface area contributed by atoms with E-state index in [0.717, 1.165) is 38.2 Å². The first-order valence-corrected chi connectivity index (χ1v) is 8.46. The average molecular weight is 327 g/mol. The van der Waals surface area contributed by atoms with Crippen molar-refractivity contribution in [2.45, 2.75) is 18.3 Å². The maximum atomic E-state index is 13.1. The van der Waals surface area contributed by atoms with Crippen LogP contribution in [0.25, 0.3) is 0 Å². The number of para-hydroxylation sites is 1. The zero-order valence-corrected chi connectivity index (χ0v) is 13.6. The maximum absolute atomic E-state index is 13.1. The molecule has 0 radical (unpaired) electrons. The number of fused-ring (bicyclic) bond motifs is 2. The number of benzene rings is 2. The second kappa shape index (κ2) is 5.66. The highest BCUT2D eigenvalue weighted by Crippen LogP contribution is 2.46. The van der Waals surface area contributed by atoms with E-state index >= 15 is 0 Å². The quantitative estimate of drug-likeness (QED) is 0.868. The monoisotopic (exact) mass is 326 g/mol. The molecule has 0 saturated carbocycles. The summed E-state index contributed by atoms with van der Waals surface area (Å²) in [6.45, 7) is 2.75. The standard InChI is InChI=1S/C19H19ClN2O/c20-16-7-3-1-5-14(16)18(23)22-13-19(9-11-21-12-10-19)15-6-2-4-8-17(15)22/h1-8,21H,9-13H2. The number of rotatable bonds is 1. The van der Waals surface area contributed by atoms with Crippen LogP contribution >= 0.6 is 11.6 Å². The predicted octanol–water partition coefficient (Wildman–Crippen LogP) is 3.62. The van der Waals surface area contributed by atoms with Gasteiger partial charge < -0.3 is 10.2 Å². The van der Waals surface area contributed by atoms with Crippen LogP contribution in [0.5, 0.6) is 0 Å². The Kier molecular flexibility index (Phi) is 3.63. The third-order valence-electron chi connectivity index (χ3n) is 5.14. The van der Waals surface area contributed by atoms with E-state index in [0.29, 0.717) is 10.6 Å². The average Bonchev–Trinajstić information content (AvgIpc) is 2.90. The number of anilines is 1. The van der Waals surface area contributed by atoms with Crippen LogP contribution in [0.15, 0.2) is 48.5 Å². The van der Waals surface area contributed by atoms with E-state index in [2.05, 4.69) is 23.5 Å². The van der Waals surface area contributed by atoms with E-state index in [-0.39, 0.29) is 11.3 Å². The minimum Gasteiger partial charge on any atom is -0.317 e. The third-order valence-corrected chi connectivity index (χ3v) is 5.47. The topological polar surface area (TPSA) is 32.3 Å². The number of nitrogens with one attached hydrogen (secondary N) is 1. The van der Waals surface area contributed by atoms with Crippen molar-refractivity contribution in [1.82, 2.24) is 5.32 Å². The van der Waals surface area contributed by atoms with Crippen molar-refractivity contribution in [3.8, 4) is 0 Å². The van der Waals surface area contributed by atoms with E-state index < -0.39 is 0 Å². The van der Waals surface area contributed by atoms with Crippen molar-refractivity contribution >= 4 is 23.2 Å². The molecule has 2 aromatic carbocycles. The maximum Gasteiger partial charge on any atom is 0.259 e. The van der Waals surface area contributed by atoms with Gasteiger partial charge >= 0.3 is 0 Å². The third kappa shape index (κ3) is 2.35. The van der Waals surface area contributed by atoms with E-state index in [1.807, 2.05) is 23.1 Å². The van der Waals surface area contributed by atoms with E-state index in [9.17, 15) is 4.79 Å². The highest BCUT2D eigenvalue weighted by atomic mass is 35.5. The van der Waals surface area contributed by atoms with Crippen molar-refractivity contribution in [3.63, 3.8) is 0 Å². The van der Waals surface area contributed by atoms with Gasteiger partial charge in [-0.25, -0.2) is 0 Å². The molecule has 4 heteroatoms. The normalized spacial score (nSPS) is 18.9. The predicted molar refractivity (Wildman–Crippen MR) is 93.4 cm³/mol. The summed E-state index contributed by atoms with van der Waals surface area (Å²) in [5, 5.41) is 3.94. The van der Waals surface area contributed by atoms with Gasteiger partial charge in [0.1, 0.15) is 0 Å². The Labute approximate surface area is 141 Å². The molecule has 118 valence electrons. The summed E-state index contributed by atoms with van der Waals surface area (Å²) < 4.78 is 0. The van der Waals surface area contributed by atoms with Gasteiger partial charge in [0.2, 0.25) is 0 Å². The van der Waals surface area contributed by atoms with Crippen LogP contribution in [-0.4, -0.2) is 25.5 Å². The molecule has 1 fully saturated rings. The zero-order chi connectivity index (χ0) is 15.9. The van der Waals surface area contributed by atoms with Gasteiger partial charge in [-0.1, -0.05) is 41.9 Å². The van der Waals surface area contributed by atoms with Crippen LogP contribution < -0.4 is 10.2 Å². The van der Waals surface area contributed by atoms with E-state index in [1.165, 1.54) is 5.56 Å². The van der Waals surface area contributed by atoms with Crippen LogP contribution in [0.2, 0.25) is 5.02 Å². The molecule has 4 rings (SSSR count). The molecule has 0 aromatic heterocycles. The minimum absolute atomic E-state index is 0.00143. The smallest absolute Gasteiger partial charge is 0.259 e. The summed E-state index contributed by atoms with van der Waals surface area (Å²) in [5.41, 5.74) is 3.01. The summed E-state index contributed by atoms with van der Waals surface area (Å²) in [5.74, 6) is -0.00143. The second-order valence-corrected chi connectivity index (χ2v) is 6.83. The van der Waals surface area contributed by atoms with Crippen molar-refractivity contribution in [2.75, 3.05) is 24.5 Å². The molecule has 1 saturated heterocycles. The molecule has 2 aliphatic rings. The van der Waals surface area contributed by atoms with E-state index in [1.54, 1.807) is 12.1 Å². The first kappa shape index (κ1) is 14.7. The number of hydrogen-bond donors (Lipinski definition) is 1. The van der Waals surface area contributed by atoms with Crippen LogP contribution in [0.4, 0.5) is 5.69 Å². The van der Waals surface area contributed by atoms with Crippen LogP contribution in [0.3, 0.4) is 0 Å². The second-order valence-electron chi connectivity index (χ2n) is 6.42. The Morgan fingerprint density at radius 2 is 1.74 bits per heavy atom. The fraction of sp³-hybridized carbons (Fsp3) is 0.316. The zero-order valence-electron chi connectivity index (χ0n) is 12.9. The molecule has 2 heterocycles. The summed E-state index contributed by atoms with van der Waals surface area (Å²) in [6.07, 6.45) is 2.13. The van der Waals surface area contributed by atoms with Crippen molar-refractivity contribution in [1.29, 1.82) is 0 Å². The number of carbonyl (C=O) groups is 1. The molecule has 0 atom stereocenters. The van der Waals surface area contributed by atoms with Crippen LogP contribution in [0.1, 0.15) is 28.8 Å². The molecule has 1 amide bonds. The van der Waals surface area contributed by atoms with Gasteiger partial charge in [0.05, 0.1) is 10.6 Å². The van der Waals surface area contributed by atoms with Gasteiger partial charge in [0.25, 0.3) is 5.91 Å². The number of nitrogens with zero attached hydrogens (tertiary/aromatic N) is 1. The van der Waals surface area contributed by atoms with Crippen LogP contribution in [0, 0.1) is 0 Å². The molecular formula is C19H19ClN2O. The molecule has 3 nitrogen and oxygen atoms in total. The van der Waals surface area contributed by atoms with Gasteiger partial charge in [-0.15, -0.1) is 0 Å².